The normalized spacial score (nSPS) is 17.0. The number of hydrogen-bond donors (Lipinski definition) is 1. The van der Waals surface area contributed by atoms with Gasteiger partial charge in [-0.2, -0.15) is 0 Å². The number of nitrogens with zero attached hydrogens (tertiary/aromatic N) is 1. The van der Waals surface area contributed by atoms with Crippen molar-refractivity contribution in [1.82, 2.24) is 0 Å². The van der Waals surface area contributed by atoms with Crippen molar-refractivity contribution in [2.75, 3.05) is 19.1 Å². The van der Waals surface area contributed by atoms with Gasteiger partial charge >= 0.3 is 0 Å². The molecule has 1 aliphatic heterocycles. The number of anilines is 1. The lowest BCUT2D eigenvalue weighted by Gasteiger charge is -2.27. The second-order valence-electron chi connectivity index (χ2n) is 9.80. The quantitative estimate of drug-likeness (QED) is 0.242. The number of benzene rings is 3. The number of carbonyl (C=O) groups is 2. The van der Waals surface area contributed by atoms with Crippen molar-refractivity contribution >= 4 is 23.1 Å². The van der Waals surface area contributed by atoms with Gasteiger partial charge in [-0.25, -0.2) is 0 Å². The third-order valence-corrected chi connectivity index (χ3v) is 6.92. The summed E-state index contributed by atoms with van der Waals surface area (Å²) >= 11 is 0. The van der Waals surface area contributed by atoms with Gasteiger partial charge in [-0.1, -0.05) is 43.7 Å². The molecule has 0 radical (unpaired) electrons. The molecule has 37 heavy (non-hydrogen) atoms. The summed E-state index contributed by atoms with van der Waals surface area (Å²) in [6.07, 6.45) is 0. The van der Waals surface area contributed by atoms with Crippen molar-refractivity contribution in [3.8, 4) is 11.5 Å². The van der Waals surface area contributed by atoms with Gasteiger partial charge in [0, 0.05) is 11.3 Å². The average Bonchev–Trinajstić information content (AvgIpc) is 3.13. The summed E-state index contributed by atoms with van der Waals surface area (Å²) in [6.45, 7) is 9.80. The molecule has 3 aromatic carbocycles. The Labute approximate surface area is 218 Å². The molecule has 1 fully saturated rings. The largest absolute Gasteiger partial charge is 0.507 e. The highest BCUT2D eigenvalue weighted by atomic mass is 16.5. The smallest absolute Gasteiger partial charge is 0.300 e. The van der Waals surface area contributed by atoms with Crippen LogP contribution in [-0.2, 0) is 9.59 Å². The van der Waals surface area contributed by atoms with E-state index in [9.17, 15) is 14.7 Å². The van der Waals surface area contributed by atoms with Gasteiger partial charge in [-0.15, -0.1) is 0 Å². The number of Topliss-reactive ketones (excluding diaryl/α,β-unsaturated/α-hetero) is 1. The Kier molecular flexibility index (Phi) is 7.12. The van der Waals surface area contributed by atoms with E-state index in [1.54, 1.807) is 26.4 Å². The SMILES string of the molecule is COc1cccc(C2/C(=C(\O)c3cc(C(C)C)c(OC)cc3C)C(=O)C(=O)N2c2ccc(C)cc2C)c1. The fraction of sp³-hybridized carbons (Fsp3) is 0.290. The van der Waals surface area contributed by atoms with E-state index in [0.717, 1.165) is 22.3 Å². The zero-order chi connectivity index (χ0) is 27.0. The van der Waals surface area contributed by atoms with Crippen molar-refractivity contribution in [1.29, 1.82) is 0 Å². The van der Waals surface area contributed by atoms with Crippen LogP contribution in [0.25, 0.3) is 5.76 Å². The van der Waals surface area contributed by atoms with Crippen LogP contribution in [-0.4, -0.2) is 31.0 Å². The first-order chi connectivity index (χ1) is 17.6. The summed E-state index contributed by atoms with van der Waals surface area (Å²) in [5.41, 5.74) is 5.36. The van der Waals surface area contributed by atoms with Crippen LogP contribution in [0.2, 0.25) is 0 Å². The highest BCUT2D eigenvalue weighted by molar-refractivity contribution is 6.51. The van der Waals surface area contributed by atoms with Crippen molar-refractivity contribution in [3.63, 3.8) is 0 Å². The van der Waals surface area contributed by atoms with Crippen molar-refractivity contribution < 1.29 is 24.2 Å². The molecule has 1 atom stereocenters. The van der Waals surface area contributed by atoms with E-state index >= 15 is 0 Å². The summed E-state index contributed by atoms with van der Waals surface area (Å²) in [5.74, 6) is -0.201. The number of aryl methyl sites for hydroxylation is 3. The Morgan fingerprint density at radius 2 is 1.65 bits per heavy atom. The maximum Gasteiger partial charge on any atom is 0.300 e. The minimum atomic E-state index is -0.833. The Hall–Kier alpha value is -4.06. The Morgan fingerprint density at radius 1 is 0.919 bits per heavy atom. The lowest BCUT2D eigenvalue weighted by Crippen LogP contribution is -2.30. The summed E-state index contributed by atoms with van der Waals surface area (Å²) in [5, 5.41) is 11.7. The van der Waals surface area contributed by atoms with Crippen molar-refractivity contribution in [3.05, 3.63) is 93.6 Å². The molecular weight excluding hydrogens is 466 g/mol. The van der Waals surface area contributed by atoms with E-state index < -0.39 is 17.7 Å². The summed E-state index contributed by atoms with van der Waals surface area (Å²) in [4.78, 5) is 28.7. The number of amides is 1. The number of ether oxygens (including phenoxy) is 2. The average molecular weight is 500 g/mol. The highest BCUT2D eigenvalue weighted by Gasteiger charge is 2.47. The van der Waals surface area contributed by atoms with Crippen molar-refractivity contribution in [2.24, 2.45) is 0 Å². The molecule has 1 heterocycles. The Morgan fingerprint density at radius 3 is 2.27 bits per heavy atom. The van der Waals surface area contributed by atoms with E-state index in [1.807, 2.05) is 77.1 Å². The molecule has 0 saturated carbocycles. The molecule has 192 valence electrons. The second-order valence-corrected chi connectivity index (χ2v) is 9.80. The zero-order valence-electron chi connectivity index (χ0n) is 22.4. The molecule has 0 aliphatic carbocycles. The summed E-state index contributed by atoms with van der Waals surface area (Å²) in [7, 11) is 3.17. The van der Waals surface area contributed by atoms with Crippen LogP contribution in [0.3, 0.4) is 0 Å². The van der Waals surface area contributed by atoms with Crippen LogP contribution in [0, 0.1) is 20.8 Å². The van der Waals surface area contributed by atoms with Crippen molar-refractivity contribution in [2.45, 2.75) is 46.6 Å². The van der Waals surface area contributed by atoms with Gasteiger partial charge < -0.3 is 14.6 Å². The molecular formula is C31H33NO5. The fourth-order valence-corrected chi connectivity index (χ4v) is 5.01. The van der Waals surface area contributed by atoms with Crippen LogP contribution in [0.1, 0.15) is 59.2 Å². The maximum absolute atomic E-state index is 13.6. The van der Waals surface area contributed by atoms with Gasteiger partial charge in [-0.3, -0.25) is 14.5 Å². The molecule has 6 nitrogen and oxygen atoms in total. The molecule has 0 spiro atoms. The minimum Gasteiger partial charge on any atom is -0.507 e. The van der Waals surface area contributed by atoms with Gasteiger partial charge in [-0.05, 0) is 79.3 Å². The van der Waals surface area contributed by atoms with Gasteiger partial charge in [0.15, 0.2) is 0 Å². The number of ketones is 1. The molecule has 4 rings (SSSR count). The molecule has 1 N–H and O–H groups in total. The van der Waals surface area contributed by atoms with E-state index in [1.165, 1.54) is 4.90 Å². The summed E-state index contributed by atoms with van der Waals surface area (Å²) < 4.78 is 11.0. The minimum absolute atomic E-state index is 0.0428. The van der Waals surface area contributed by atoms with Crippen LogP contribution in [0.4, 0.5) is 5.69 Å². The lowest BCUT2D eigenvalue weighted by atomic mass is 9.91. The Balaban J connectivity index is 2.02. The molecule has 0 bridgehead atoms. The third kappa shape index (κ3) is 4.59. The van der Waals surface area contributed by atoms with Crippen LogP contribution < -0.4 is 14.4 Å². The first-order valence-corrected chi connectivity index (χ1v) is 12.3. The number of methoxy groups -OCH3 is 2. The number of aliphatic hydroxyl groups excluding tert-OH is 1. The van der Waals surface area contributed by atoms with E-state index in [0.29, 0.717) is 28.3 Å². The second kappa shape index (κ2) is 10.1. The molecule has 1 unspecified atom stereocenters. The van der Waals surface area contributed by atoms with E-state index in [2.05, 4.69) is 0 Å². The lowest BCUT2D eigenvalue weighted by molar-refractivity contribution is -0.132. The molecule has 1 saturated heterocycles. The third-order valence-electron chi connectivity index (χ3n) is 6.92. The van der Waals surface area contributed by atoms with Crippen LogP contribution in [0.5, 0.6) is 11.5 Å². The fourth-order valence-electron chi connectivity index (χ4n) is 5.01. The number of aliphatic hydroxyl groups is 1. The van der Waals surface area contributed by atoms with Crippen LogP contribution in [0.15, 0.2) is 60.2 Å². The number of carbonyl (C=O) groups excluding carboxylic acids is 2. The maximum atomic E-state index is 13.6. The predicted molar refractivity (Wildman–Crippen MR) is 146 cm³/mol. The standard InChI is InChI=1S/C31H33NO5/c1-17(2)23-16-24(19(4)14-26(23)37-7)29(33)27-28(21-9-8-10-22(15-21)36-6)32(31(35)30(27)34)25-12-11-18(3)13-20(25)5/h8-17,28,33H,1-7H3/b29-27+. The number of hydrogen-bond acceptors (Lipinski definition) is 5. The molecule has 6 heteroatoms. The first-order valence-electron chi connectivity index (χ1n) is 12.3. The molecule has 1 aliphatic rings. The predicted octanol–water partition coefficient (Wildman–Crippen LogP) is 6.38. The number of rotatable bonds is 6. The Bertz CT molecular complexity index is 1420. The van der Waals surface area contributed by atoms with Gasteiger partial charge in [0.2, 0.25) is 0 Å². The molecule has 1 amide bonds. The van der Waals surface area contributed by atoms with Gasteiger partial charge in [0.25, 0.3) is 11.7 Å². The monoisotopic (exact) mass is 499 g/mol. The zero-order valence-corrected chi connectivity index (χ0v) is 22.4. The van der Waals surface area contributed by atoms with Gasteiger partial charge in [0.05, 0.1) is 25.8 Å². The molecule has 3 aromatic rings. The van der Waals surface area contributed by atoms with Gasteiger partial charge in [0.1, 0.15) is 17.3 Å². The first kappa shape index (κ1) is 26.0. The van der Waals surface area contributed by atoms with Crippen LogP contribution >= 0.6 is 0 Å². The topological polar surface area (TPSA) is 76.1 Å². The highest BCUT2D eigenvalue weighted by Crippen LogP contribution is 2.44. The van der Waals surface area contributed by atoms with E-state index in [-0.39, 0.29) is 17.3 Å². The summed E-state index contributed by atoms with van der Waals surface area (Å²) in [6, 6.07) is 15.8. The molecule has 0 aromatic heterocycles. The van der Waals surface area contributed by atoms with E-state index in [4.69, 9.17) is 9.47 Å².